The normalized spacial score (nSPS) is 22.9. The molecule has 1 aromatic carbocycles. The predicted molar refractivity (Wildman–Crippen MR) is 89.4 cm³/mol. The molecule has 0 aliphatic heterocycles. The Labute approximate surface area is 138 Å². The number of sulfonamides is 1. The molecular weight excluding hydrogens is 336 g/mol. The van der Waals surface area contributed by atoms with E-state index in [1.807, 2.05) is 0 Å². The van der Waals surface area contributed by atoms with Crippen molar-refractivity contribution in [1.82, 2.24) is 4.72 Å². The van der Waals surface area contributed by atoms with E-state index in [1.165, 1.54) is 18.2 Å². The van der Waals surface area contributed by atoms with Gasteiger partial charge in [0.15, 0.2) is 9.84 Å². The first-order chi connectivity index (χ1) is 10.6. The van der Waals surface area contributed by atoms with Crippen molar-refractivity contribution in [2.75, 3.05) is 12.8 Å². The predicted octanol–water partition coefficient (Wildman–Crippen LogP) is 1.19. The number of nitrogens with one attached hydrogen (secondary N) is 1. The number of sulfone groups is 1. The van der Waals surface area contributed by atoms with Gasteiger partial charge in [-0.2, -0.15) is 0 Å². The quantitative estimate of drug-likeness (QED) is 0.820. The Morgan fingerprint density at radius 3 is 2.43 bits per heavy atom. The Hall–Kier alpha value is -0.960. The van der Waals surface area contributed by atoms with Gasteiger partial charge < -0.3 is 5.73 Å². The number of hydrogen-bond donors (Lipinski definition) is 2. The molecule has 6 nitrogen and oxygen atoms in total. The second-order valence-electron chi connectivity index (χ2n) is 6.21. The SMILES string of the molecule is Cc1ccc(S(C)(=O)=O)cc1S(=O)(=O)N[C@H]1CCCC[C@@H]1CN. The summed E-state index contributed by atoms with van der Waals surface area (Å²) in [5, 5.41) is 0. The molecule has 8 heteroatoms. The molecule has 3 N–H and O–H groups in total. The lowest BCUT2D eigenvalue weighted by atomic mass is 9.85. The summed E-state index contributed by atoms with van der Waals surface area (Å²) in [5.74, 6) is 0.122. The molecule has 1 saturated carbocycles. The van der Waals surface area contributed by atoms with Gasteiger partial charge in [-0.3, -0.25) is 0 Å². The van der Waals surface area contributed by atoms with Crippen molar-refractivity contribution in [2.45, 2.75) is 48.4 Å². The van der Waals surface area contributed by atoms with Crippen molar-refractivity contribution in [1.29, 1.82) is 0 Å². The molecule has 1 aromatic rings. The molecule has 2 rings (SSSR count). The van der Waals surface area contributed by atoms with Crippen LogP contribution in [-0.4, -0.2) is 35.7 Å². The van der Waals surface area contributed by atoms with Crippen LogP contribution >= 0.6 is 0 Å². The van der Waals surface area contributed by atoms with Crippen LogP contribution in [0.2, 0.25) is 0 Å². The van der Waals surface area contributed by atoms with Crippen molar-refractivity contribution in [3.05, 3.63) is 23.8 Å². The van der Waals surface area contributed by atoms with Crippen LogP contribution in [0.15, 0.2) is 28.0 Å². The summed E-state index contributed by atoms with van der Waals surface area (Å²) >= 11 is 0. The van der Waals surface area contributed by atoms with Gasteiger partial charge in [0.05, 0.1) is 9.79 Å². The molecular formula is C15H24N2O4S2. The van der Waals surface area contributed by atoms with E-state index in [2.05, 4.69) is 4.72 Å². The van der Waals surface area contributed by atoms with Gasteiger partial charge >= 0.3 is 0 Å². The molecule has 23 heavy (non-hydrogen) atoms. The number of aryl methyl sites for hydroxylation is 1. The van der Waals surface area contributed by atoms with Crippen LogP contribution in [0.25, 0.3) is 0 Å². The number of nitrogens with two attached hydrogens (primary N) is 1. The number of benzene rings is 1. The van der Waals surface area contributed by atoms with E-state index in [1.54, 1.807) is 6.92 Å². The maximum Gasteiger partial charge on any atom is 0.241 e. The highest BCUT2D eigenvalue weighted by Crippen LogP contribution is 2.26. The van der Waals surface area contributed by atoms with E-state index in [0.717, 1.165) is 31.9 Å². The highest BCUT2D eigenvalue weighted by molar-refractivity contribution is 7.91. The molecule has 1 aliphatic rings. The molecule has 130 valence electrons. The van der Waals surface area contributed by atoms with Gasteiger partial charge in [-0.1, -0.05) is 18.9 Å². The maximum absolute atomic E-state index is 12.7. The molecule has 0 radical (unpaired) electrons. The van der Waals surface area contributed by atoms with Crippen LogP contribution in [-0.2, 0) is 19.9 Å². The standard InChI is InChI=1S/C15H24N2O4S2/c1-11-7-8-13(22(2,18)19)9-15(11)23(20,21)17-14-6-4-3-5-12(14)10-16/h7-9,12,14,17H,3-6,10,16H2,1-2H3/t12-,14+/m1/s1. The van der Waals surface area contributed by atoms with E-state index in [0.29, 0.717) is 12.1 Å². The lowest BCUT2D eigenvalue weighted by Gasteiger charge is -2.31. The molecule has 1 aliphatic carbocycles. The van der Waals surface area contributed by atoms with Gasteiger partial charge in [0.1, 0.15) is 0 Å². The van der Waals surface area contributed by atoms with Crippen molar-refractivity contribution in [3.8, 4) is 0 Å². The zero-order valence-electron chi connectivity index (χ0n) is 13.4. The Kier molecular flexibility index (Phi) is 5.50. The lowest BCUT2D eigenvalue weighted by molar-refractivity contribution is 0.296. The second-order valence-corrected chi connectivity index (χ2v) is 9.91. The first-order valence-electron chi connectivity index (χ1n) is 7.68. The van der Waals surface area contributed by atoms with E-state index in [9.17, 15) is 16.8 Å². The number of rotatable bonds is 5. The summed E-state index contributed by atoms with van der Waals surface area (Å²) in [6.45, 7) is 2.09. The molecule has 0 amide bonds. The van der Waals surface area contributed by atoms with Crippen molar-refractivity contribution in [3.63, 3.8) is 0 Å². The largest absolute Gasteiger partial charge is 0.330 e. The van der Waals surface area contributed by atoms with E-state index in [-0.39, 0.29) is 21.8 Å². The van der Waals surface area contributed by atoms with Gasteiger partial charge in [-0.25, -0.2) is 21.6 Å². The average molecular weight is 361 g/mol. The Morgan fingerprint density at radius 1 is 1.17 bits per heavy atom. The van der Waals surface area contributed by atoms with Crippen molar-refractivity contribution < 1.29 is 16.8 Å². The van der Waals surface area contributed by atoms with Gasteiger partial charge in [0, 0.05) is 12.3 Å². The smallest absolute Gasteiger partial charge is 0.241 e. The third-order valence-corrected chi connectivity index (χ3v) is 7.14. The van der Waals surface area contributed by atoms with Crippen LogP contribution in [0.5, 0.6) is 0 Å². The monoisotopic (exact) mass is 360 g/mol. The fraction of sp³-hybridized carbons (Fsp3) is 0.600. The summed E-state index contributed by atoms with van der Waals surface area (Å²) < 4.78 is 51.5. The minimum Gasteiger partial charge on any atom is -0.330 e. The summed E-state index contributed by atoms with van der Waals surface area (Å²) in [6.07, 6.45) is 4.75. The van der Waals surface area contributed by atoms with Gasteiger partial charge in [-0.05, 0) is 49.9 Å². The topological polar surface area (TPSA) is 106 Å². The highest BCUT2D eigenvalue weighted by atomic mass is 32.2. The molecule has 0 saturated heterocycles. The third-order valence-electron chi connectivity index (χ3n) is 4.40. The Bertz CT molecular complexity index is 773. The molecule has 0 spiro atoms. The molecule has 1 fully saturated rings. The summed E-state index contributed by atoms with van der Waals surface area (Å²) in [6, 6.07) is 3.98. The highest BCUT2D eigenvalue weighted by Gasteiger charge is 2.29. The van der Waals surface area contributed by atoms with Gasteiger partial charge in [0.2, 0.25) is 10.0 Å². The summed E-state index contributed by atoms with van der Waals surface area (Å²) in [7, 11) is -7.25. The van der Waals surface area contributed by atoms with Gasteiger partial charge in [-0.15, -0.1) is 0 Å². The second kappa shape index (κ2) is 6.88. The molecule has 0 heterocycles. The Balaban J connectivity index is 2.36. The number of hydrogen-bond acceptors (Lipinski definition) is 5. The molecule has 0 bridgehead atoms. The van der Waals surface area contributed by atoms with Crippen LogP contribution < -0.4 is 10.5 Å². The zero-order valence-corrected chi connectivity index (χ0v) is 15.1. The average Bonchev–Trinajstić information content (AvgIpc) is 2.46. The summed E-state index contributed by atoms with van der Waals surface area (Å²) in [5.41, 5.74) is 6.27. The van der Waals surface area contributed by atoms with E-state index < -0.39 is 19.9 Å². The fourth-order valence-electron chi connectivity index (χ4n) is 3.01. The lowest BCUT2D eigenvalue weighted by Crippen LogP contribution is -2.44. The van der Waals surface area contributed by atoms with Crippen LogP contribution in [0.4, 0.5) is 0 Å². The first-order valence-corrected chi connectivity index (χ1v) is 11.1. The first kappa shape index (κ1) is 18.4. The van der Waals surface area contributed by atoms with Crippen LogP contribution in [0, 0.1) is 12.8 Å². The zero-order chi connectivity index (χ0) is 17.3. The minimum atomic E-state index is -3.79. The van der Waals surface area contributed by atoms with Crippen LogP contribution in [0.1, 0.15) is 31.2 Å². The van der Waals surface area contributed by atoms with Gasteiger partial charge in [0.25, 0.3) is 0 Å². The summed E-state index contributed by atoms with van der Waals surface area (Å²) in [4.78, 5) is 0.0178. The van der Waals surface area contributed by atoms with Crippen molar-refractivity contribution in [2.24, 2.45) is 11.7 Å². The fourth-order valence-corrected chi connectivity index (χ4v) is 5.34. The van der Waals surface area contributed by atoms with E-state index >= 15 is 0 Å². The Morgan fingerprint density at radius 2 is 1.83 bits per heavy atom. The van der Waals surface area contributed by atoms with E-state index in [4.69, 9.17) is 5.73 Å². The molecule has 0 aromatic heterocycles. The molecule has 0 unspecified atom stereocenters. The minimum absolute atomic E-state index is 0.00231. The maximum atomic E-state index is 12.7. The molecule has 2 atom stereocenters. The third kappa shape index (κ3) is 4.32. The van der Waals surface area contributed by atoms with Crippen molar-refractivity contribution >= 4 is 19.9 Å². The van der Waals surface area contributed by atoms with Crippen LogP contribution in [0.3, 0.4) is 0 Å².